The summed E-state index contributed by atoms with van der Waals surface area (Å²) in [5.74, 6) is -0.752. The molecule has 3 aromatic rings. The number of anilines is 1. The van der Waals surface area contributed by atoms with Crippen molar-refractivity contribution in [1.82, 2.24) is 19.9 Å². The van der Waals surface area contributed by atoms with Gasteiger partial charge in [0.15, 0.2) is 11.6 Å². The number of hydrogen-bond acceptors (Lipinski definition) is 8. The Kier molecular flexibility index (Phi) is 6.51. The fourth-order valence-corrected chi connectivity index (χ4v) is 4.46. The fraction of sp³-hybridized carbons (Fsp3) is 0.318. The van der Waals surface area contributed by atoms with Gasteiger partial charge in [-0.25, -0.2) is 15.0 Å². The maximum Gasteiger partial charge on any atom is 0.433 e. The highest BCUT2D eigenvalue weighted by Crippen LogP contribution is 2.30. The zero-order chi connectivity index (χ0) is 24.5. The van der Waals surface area contributed by atoms with Crippen molar-refractivity contribution >= 4 is 34.6 Å². The fourth-order valence-electron chi connectivity index (χ4n) is 3.55. The van der Waals surface area contributed by atoms with Crippen molar-refractivity contribution < 1.29 is 27.6 Å². The van der Waals surface area contributed by atoms with Crippen molar-refractivity contribution in [3.63, 3.8) is 0 Å². The van der Waals surface area contributed by atoms with E-state index < -0.39 is 11.9 Å². The number of halogens is 3. The largest absolute Gasteiger partial charge is 0.433 e. The molecule has 0 aliphatic carbocycles. The van der Waals surface area contributed by atoms with Gasteiger partial charge in [-0.15, -0.1) is 11.3 Å². The molecule has 0 aromatic carbocycles. The van der Waals surface area contributed by atoms with Crippen LogP contribution < -0.4 is 5.32 Å². The quantitative estimate of drug-likeness (QED) is 0.498. The lowest BCUT2D eigenvalue weighted by atomic mass is 9.97. The zero-order valence-electron chi connectivity index (χ0n) is 17.8. The molecule has 34 heavy (non-hydrogen) atoms. The second-order valence-electron chi connectivity index (χ2n) is 7.84. The molecule has 0 bridgehead atoms. The Balaban J connectivity index is 1.43. The average molecular weight is 489 g/mol. The molecule has 0 saturated carbocycles. The number of hydrogen-bond donors (Lipinski definition) is 1. The van der Waals surface area contributed by atoms with E-state index in [1.165, 1.54) is 18.6 Å². The monoisotopic (exact) mass is 489 g/mol. The molecule has 1 amide bonds. The predicted octanol–water partition coefficient (Wildman–Crippen LogP) is 4.03. The van der Waals surface area contributed by atoms with Crippen molar-refractivity contribution in [3.05, 3.63) is 63.3 Å². The van der Waals surface area contributed by atoms with Gasteiger partial charge in [0.2, 0.25) is 5.91 Å². The second-order valence-corrected chi connectivity index (χ2v) is 8.90. The van der Waals surface area contributed by atoms with Crippen LogP contribution in [0.2, 0.25) is 0 Å². The highest BCUT2D eigenvalue weighted by molar-refractivity contribution is 7.13. The van der Waals surface area contributed by atoms with E-state index >= 15 is 0 Å². The van der Waals surface area contributed by atoms with E-state index in [0.29, 0.717) is 27.7 Å². The summed E-state index contributed by atoms with van der Waals surface area (Å²) in [5, 5.41) is 3.19. The van der Waals surface area contributed by atoms with Crippen LogP contribution in [-0.2, 0) is 23.8 Å². The maximum atomic E-state index is 12.9. The van der Waals surface area contributed by atoms with Crippen LogP contribution in [0.25, 0.3) is 0 Å². The third kappa shape index (κ3) is 5.16. The summed E-state index contributed by atoms with van der Waals surface area (Å²) in [6.07, 6.45) is -0.490. The molecule has 4 rings (SSSR count). The van der Waals surface area contributed by atoms with Gasteiger partial charge in [-0.2, -0.15) is 13.2 Å². The van der Waals surface area contributed by atoms with Crippen LogP contribution in [0.5, 0.6) is 0 Å². The first-order valence-electron chi connectivity index (χ1n) is 10.3. The number of Topliss-reactive ketones (excluding diaryl/α,β-unsaturated/α-hetero) is 2. The number of rotatable bonds is 7. The van der Waals surface area contributed by atoms with Gasteiger partial charge in [-0.1, -0.05) is 6.92 Å². The molecule has 1 atom stereocenters. The smallest absolute Gasteiger partial charge is 0.310 e. The molecular weight excluding hydrogens is 471 g/mol. The molecule has 12 heteroatoms. The minimum absolute atomic E-state index is 0.0812. The average Bonchev–Trinajstić information content (AvgIpc) is 3.29. The molecule has 8 nitrogen and oxygen atoms in total. The normalized spacial score (nSPS) is 14.3. The Labute approximate surface area is 195 Å². The highest BCUT2D eigenvalue weighted by atomic mass is 32.1. The summed E-state index contributed by atoms with van der Waals surface area (Å²) in [6.45, 7) is 1.79. The first-order valence-corrected chi connectivity index (χ1v) is 11.1. The van der Waals surface area contributed by atoms with Crippen LogP contribution in [0.15, 0.2) is 30.9 Å². The summed E-state index contributed by atoms with van der Waals surface area (Å²) >= 11 is 1.10. The number of nitrogens with one attached hydrogen (secondary N) is 1. The van der Waals surface area contributed by atoms with E-state index in [2.05, 4.69) is 25.3 Å². The summed E-state index contributed by atoms with van der Waals surface area (Å²) in [7, 11) is 0. The van der Waals surface area contributed by atoms with Gasteiger partial charge >= 0.3 is 6.18 Å². The topological polar surface area (TPSA) is 115 Å². The van der Waals surface area contributed by atoms with Crippen molar-refractivity contribution in [2.75, 3.05) is 5.32 Å². The second kappa shape index (κ2) is 9.37. The Morgan fingerprint density at radius 3 is 2.71 bits per heavy atom. The number of alkyl halides is 3. The van der Waals surface area contributed by atoms with Crippen molar-refractivity contribution in [1.29, 1.82) is 0 Å². The van der Waals surface area contributed by atoms with Crippen molar-refractivity contribution in [3.8, 4) is 0 Å². The van der Waals surface area contributed by atoms with Gasteiger partial charge in [0.25, 0.3) is 0 Å². The van der Waals surface area contributed by atoms with Gasteiger partial charge in [0, 0.05) is 43.1 Å². The lowest BCUT2D eigenvalue weighted by Gasteiger charge is -2.17. The van der Waals surface area contributed by atoms with Gasteiger partial charge in [-0.3, -0.25) is 19.4 Å². The molecule has 0 saturated heterocycles. The van der Waals surface area contributed by atoms with Crippen LogP contribution in [-0.4, -0.2) is 37.4 Å². The SMILES string of the molecule is C[C@@H](CC(=O)c1ncnc2c1CCC(=O)N2)c1ncc(C(=O)Cc2ccnc(C(F)(F)F)c2)s1. The molecular formula is C22H18F3N5O3S. The lowest BCUT2D eigenvalue weighted by Crippen LogP contribution is -2.23. The summed E-state index contributed by atoms with van der Waals surface area (Å²) in [5.41, 5.74) is 0.000256. The van der Waals surface area contributed by atoms with Crippen LogP contribution in [0.3, 0.4) is 0 Å². The lowest BCUT2D eigenvalue weighted by molar-refractivity contribution is -0.141. The third-order valence-corrected chi connectivity index (χ3v) is 6.53. The van der Waals surface area contributed by atoms with E-state index in [1.807, 2.05) is 0 Å². The van der Waals surface area contributed by atoms with E-state index in [-0.39, 0.29) is 53.9 Å². The predicted molar refractivity (Wildman–Crippen MR) is 116 cm³/mol. The first-order chi connectivity index (χ1) is 16.1. The van der Waals surface area contributed by atoms with E-state index in [1.54, 1.807) is 6.92 Å². The first kappa shape index (κ1) is 23.6. The number of nitrogens with zero attached hydrogens (tertiary/aromatic N) is 4. The highest BCUT2D eigenvalue weighted by Gasteiger charge is 2.32. The Morgan fingerprint density at radius 2 is 1.94 bits per heavy atom. The molecule has 1 aliphatic rings. The molecule has 1 N–H and O–H groups in total. The Hall–Kier alpha value is -3.54. The van der Waals surface area contributed by atoms with E-state index in [4.69, 9.17) is 0 Å². The molecule has 3 aromatic heterocycles. The number of carbonyl (C=O) groups excluding carboxylic acids is 3. The molecule has 0 radical (unpaired) electrons. The van der Waals surface area contributed by atoms with Crippen LogP contribution in [0.4, 0.5) is 19.0 Å². The molecule has 0 fully saturated rings. The number of aromatic nitrogens is 4. The Bertz CT molecular complexity index is 1270. The van der Waals surface area contributed by atoms with Crippen LogP contribution in [0, 0.1) is 0 Å². The summed E-state index contributed by atoms with van der Waals surface area (Å²) in [6, 6.07) is 2.22. The van der Waals surface area contributed by atoms with Crippen molar-refractivity contribution in [2.24, 2.45) is 0 Å². The maximum absolute atomic E-state index is 12.9. The number of amides is 1. The van der Waals surface area contributed by atoms with E-state index in [0.717, 1.165) is 23.6 Å². The molecule has 176 valence electrons. The number of thiazole rings is 1. The third-order valence-electron chi connectivity index (χ3n) is 5.26. The molecule has 0 unspecified atom stereocenters. The van der Waals surface area contributed by atoms with Gasteiger partial charge < -0.3 is 5.32 Å². The molecule has 0 spiro atoms. The Morgan fingerprint density at radius 1 is 1.15 bits per heavy atom. The summed E-state index contributed by atoms with van der Waals surface area (Å²) in [4.78, 5) is 53.0. The zero-order valence-corrected chi connectivity index (χ0v) is 18.7. The standard InChI is InChI=1S/C22H18F3N5O3S/c1-11(6-15(32)19-13-2-3-18(33)30-20(13)29-10-28-19)21-27-9-16(34-21)14(31)7-12-4-5-26-17(8-12)22(23,24)25/h4-5,8-11H,2-3,6-7H2,1H3,(H,28,29,30,33)/t11-/m0/s1. The number of ketones is 2. The molecule has 1 aliphatic heterocycles. The van der Waals surface area contributed by atoms with Crippen LogP contribution >= 0.6 is 11.3 Å². The minimum Gasteiger partial charge on any atom is -0.310 e. The van der Waals surface area contributed by atoms with Crippen molar-refractivity contribution in [2.45, 2.75) is 44.7 Å². The van der Waals surface area contributed by atoms with Gasteiger partial charge in [-0.05, 0) is 24.1 Å². The summed E-state index contributed by atoms with van der Waals surface area (Å²) < 4.78 is 38.5. The number of pyridine rings is 1. The van der Waals surface area contributed by atoms with E-state index in [9.17, 15) is 27.6 Å². The molecule has 4 heterocycles. The van der Waals surface area contributed by atoms with Crippen LogP contribution in [0.1, 0.15) is 67.7 Å². The number of carbonyl (C=O) groups is 3. The number of fused-ring (bicyclic) bond motifs is 1. The minimum atomic E-state index is -4.59. The van der Waals surface area contributed by atoms with Gasteiger partial charge in [0.05, 0.1) is 9.88 Å². The van der Waals surface area contributed by atoms with Gasteiger partial charge in [0.1, 0.15) is 23.5 Å².